The first-order valence-corrected chi connectivity index (χ1v) is 8.56. The van der Waals surface area contributed by atoms with Crippen LogP contribution in [0.5, 0.6) is 0 Å². The van der Waals surface area contributed by atoms with Gasteiger partial charge in [0.25, 0.3) is 0 Å². The molecule has 0 aliphatic heterocycles. The first-order chi connectivity index (χ1) is 8.33. The average Bonchev–Trinajstić information content (AvgIpc) is 2.12. The van der Waals surface area contributed by atoms with Crippen molar-refractivity contribution in [1.82, 2.24) is 4.72 Å². The highest BCUT2D eigenvalue weighted by Crippen LogP contribution is 2.21. The second kappa shape index (κ2) is 7.04. The zero-order valence-electron chi connectivity index (χ0n) is 13.5. The quantitative estimate of drug-likeness (QED) is 0.734. The fourth-order valence-electron chi connectivity index (χ4n) is 1.35. The van der Waals surface area contributed by atoms with Gasteiger partial charge in [-0.1, -0.05) is 41.5 Å². The van der Waals surface area contributed by atoms with Crippen LogP contribution in [0.3, 0.4) is 0 Å². The van der Waals surface area contributed by atoms with Gasteiger partial charge >= 0.3 is 0 Å². The first-order valence-electron chi connectivity index (χ1n) is 6.91. The zero-order valence-corrected chi connectivity index (χ0v) is 14.4. The number of hydrogen-bond acceptors (Lipinski definition) is 3. The summed E-state index contributed by atoms with van der Waals surface area (Å²) in [7, 11) is -3.35. The molecule has 0 aliphatic carbocycles. The molecule has 0 spiro atoms. The third kappa shape index (κ3) is 10.3. The number of ether oxygens (including phenoxy) is 1. The van der Waals surface area contributed by atoms with Gasteiger partial charge < -0.3 is 4.74 Å². The minimum Gasteiger partial charge on any atom is -0.364 e. The normalized spacial score (nSPS) is 15.5. The van der Waals surface area contributed by atoms with E-state index in [1.54, 1.807) is 0 Å². The van der Waals surface area contributed by atoms with Crippen LogP contribution in [0.15, 0.2) is 0 Å². The van der Waals surface area contributed by atoms with Crippen LogP contribution < -0.4 is 4.72 Å². The summed E-state index contributed by atoms with van der Waals surface area (Å²) in [6, 6.07) is -0.115. The molecule has 0 aromatic heterocycles. The molecule has 0 aromatic rings. The topological polar surface area (TPSA) is 55.4 Å². The molecule has 0 saturated heterocycles. The van der Waals surface area contributed by atoms with E-state index in [1.165, 1.54) is 0 Å². The highest BCUT2D eigenvalue weighted by atomic mass is 32.2. The van der Waals surface area contributed by atoms with Crippen LogP contribution in [-0.2, 0) is 14.8 Å². The van der Waals surface area contributed by atoms with Gasteiger partial charge in [-0.15, -0.1) is 0 Å². The van der Waals surface area contributed by atoms with Crippen molar-refractivity contribution in [2.75, 3.05) is 12.5 Å². The molecule has 1 N–H and O–H groups in total. The predicted molar refractivity (Wildman–Crippen MR) is 80.5 cm³/mol. The predicted octanol–water partition coefficient (Wildman–Crippen LogP) is 3.14. The highest BCUT2D eigenvalue weighted by molar-refractivity contribution is 7.89. The van der Waals surface area contributed by atoms with E-state index in [-0.39, 0.29) is 22.8 Å². The molecule has 0 fully saturated rings. The molecule has 0 amide bonds. The molecule has 0 aliphatic rings. The van der Waals surface area contributed by atoms with Crippen LogP contribution in [0.25, 0.3) is 0 Å². The lowest BCUT2D eigenvalue weighted by atomic mass is 9.89. The molecule has 0 saturated carbocycles. The Balaban J connectivity index is 4.00. The minimum atomic E-state index is -3.35. The Morgan fingerprint density at radius 2 is 1.63 bits per heavy atom. The Bertz CT molecular complexity index is 350. The van der Waals surface area contributed by atoms with Gasteiger partial charge in [0, 0.05) is 12.6 Å². The van der Waals surface area contributed by atoms with E-state index >= 15 is 0 Å². The molecule has 0 radical (unpaired) electrons. The molecule has 0 unspecified atom stereocenters. The summed E-state index contributed by atoms with van der Waals surface area (Å²) < 4.78 is 31.5. The second-order valence-corrected chi connectivity index (χ2v) is 9.21. The van der Waals surface area contributed by atoms with E-state index in [1.807, 2.05) is 27.7 Å². The van der Waals surface area contributed by atoms with Crippen LogP contribution in [0.1, 0.15) is 61.3 Å². The summed E-state index contributed by atoms with van der Waals surface area (Å²) in [5, 5.41) is 0. The Morgan fingerprint density at radius 1 is 1.11 bits per heavy atom. The fraction of sp³-hybridized carbons (Fsp3) is 1.00. The maximum Gasteiger partial charge on any atom is 0.236 e. The lowest BCUT2D eigenvalue weighted by Crippen LogP contribution is -2.42. The van der Waals surface area contributed by atoms with Crippen LogP contribution in [-0.4, -0.2) is 27.0 Å². The standard InChI is InChI=1S/C14H31NO3S/c1-12(14(5,6)7)15-19(16,17)11-18-10-8-9-13(2,3)4/h12,15H,8-11H2,1-7H3/t12-/m1/s1. The van der Waals surface area contributed by atoms with Gasteiger partial charge in [-0.2, -0.15) is 0 Å². The van der Waals surface area contributed by atoms with Crippen molar-refractivity contribution in [3.63, 3.8) is 0 Å². The van der Waals surface area contributed by atoms with Gasteiger partial charge in [-0.25, -0.2) is 13.1 Å². The minimum absolute atomic E-state index is 0.0979. The average molecular weight is 293 g/mol. The first kappa shape index (κ1) is 18.9. The molecule has 4 nitrogen and oxygen atoms in total. The largest absolute Gasteiger partial charge is 0.364 e. The number of nitrogens with one attached hydrogen (secondary N) is 1. The molecular formula is C14H31NO3S. The maximum atomic E-state index is 11.8. The van der Waals surface area contributed by atoms with Crippen molar-refractivity contribution in [3.05, 3.63) is 0 Å². The molecule has 0 bridgehead atoms. The third-order valence-electron chi connectivity index (χ3n) is 3.11. The molecule has 0 rings (SSSR count). The highest BCUT2D eigenvalue weighted by Gasteiger charge is 2.24. The Hall–Kier alpha value is -0.130. The second-order valence-electron chi connectivity index (χ2n) is 7.51. The molecule has 1 atom stereocenters. The number of rotatable bonds is 7. The molecular weight excluding hydrogens is 262 g/mol. The van der Waals surface area contributed by atoms with Gasteiger partial charge in [0.1, 0.15) is 0 Å². The Kier molecular flexibility index (Phi) is 7.00. The van der Waals surface area contributed by atoms with E-state index in [0.29, 0.717) is 6.61 Å². The van der Waals surface area contributed by atoms with Crippen LogP contribution in [0, 0.1) is 10.8 Å². The van der Waals surface area contributed by atoms with E-state index in [4.69, 9.17) is 4.74 Å². The molecule has 116 valence electrons. The molecule has 19 heavy (non-hydrogen) atoms. The van der Waals surface area contributed by atoms with E-state index in [0.717, 1.165) is 12.8 Å². The zero-order chi connectivity index (χ0) is 15.3. The van der Waals surface area contributed by atoms with Crippen LogP contribution >= 0.6 is 0 Å². The summed E-state index contributed by atoms with van der Waals surface area (Å²) in [5.41, 5.74) is 0.167. The third-order valence-corrected chi connectivity index (χ3v) is 4.30. The van der Waals surface area contributed by atoms with Crippen LogP contribution in [0.2, 0.25) is 0 Å². The lowest BCUT2D eigenvalue weighted by Gasteiger charge is -2.27. The van der Waals surface area contributed by atoms with Gasteiger partial charge in [0.05, 0.1) is 0 Å². The van der Waals surface area contributed by atoms with Crippen LogP contribution in [0.4, 0.5) is 0 Å². The summed E-state index contributed by atoms with van der Waals surface area (Å²) in [5.74, 6) is -0.252. The van der Waals surface area contributed by atoms with Crippen molar-refractivity contribution < 1.29 is 13.2 Å². The summed E-state index contributed by atoms with van der Waals surface area (Å²) >= 11 is 0. The molecule has 5 heteroatoms. The van der Waals surface area contributed by atoms with Crippen molar-refractivity contribution in [1.29, 1.82) is 0 Å². The van der Waals surface area contributed by atoms with Gasteiger partial charge in [-0.3, -0.25) is 0 Å². The monoisotopic (exact) mass is 293 g/mol. The smallest absolute Gasteiger partial charge is 0.236 e. The summed E-state index contributed by atoms with van der Waals surface area (Å²) in [6.07, 6.45) is 1.91. The molecule has 0 aromatic carbocycles. The maximum absolute atomic E-state index is 11.8. The SMILES string of the molecule is C[C@@H](NS(=O)(=O)COCCCC(C)(C)C)C(C)(C)C. The summed E-state index contributed by atoms with van der Waals surface area (Å²) in [4.78, 5) is 0. The number of hydrogen-bond donors (Lipinski definition) is 1. The Labute approximate surface area is 119 Å². The van der Waals surface area contributed by atoms with Gasteiger partial charge in [0.15, 0.2) is 5.94 Å². The van der Waals surface area contributed by atoms with E-state index < -0.39 is 10.0 Å². The fourth-order valence-corrected chi connectivity index (χ4v) is 2.65. The van der Waals surface area contributed by atoms with Gasteiger partial charge in [0.2, 0.25) is 10.0 Å². The summed E-state index contributed by atoms with van der Waals surface area (Å²) in [6.45, 7) is 14.9. The molecule has 0 heterocycles. The van der Waals surface area contributed by atoms with Crippen molar-refractivity contribution in [2.45, 2.75) is 67.3 Å². The van der Waals surface area contributed by atoms with E-state index in [2.05, 4.69) is 25.5 Å². The number of sulfonamides is 1. The van der Waals surface area contributed by atoms with Crippen molar-refractivity contribution in [2.24, 2.45) is 10.8 Å². The van der Waals surface area contributed by atoms with Crippen molar-refractivity contribution >= 4 is 10.0 Å². The van der Waals surface area contributed by atoms with Crippen molar-refractivity contribution in [3.8, 4) is 0 Å². The van der Waals surface area contributed by atoms with Gasteiger partial charge in [-0.05, 0) is 30.6 Å². The Morgan fingerprint density at radius 3 is 2.05 bits per heavy atom. The lowest BCUT2D eigenvalue weighted by molar-refractivity contribution is 0.158. The van der Waals surface area contributed by atoms with E-state index in [9.17, 15) is 8.42 Å².